The molecule has 0 amide bonds. The van der Waals surface area contributed by atoms with Crippen molar-refractivity contribution >= 4 is 11.7 Å². The molecule has 1 aromatic heterocycles. The molecule has 5 nitrogen and oxygen atoms in total. The number of nitrogen functional groups attached to an aromatic ring is 1. The van der Waals surface area contributed by atoms with Gasteiger partial charge in [-0.1, -0.05) is 0 Å². The van der Waals surface area contributed by atoms with E-state index in [1.165, 1.54) is 6.07 Å². The maximum atomic E-state index is 11.2. The number of nitrogens with one attached hydrogen (secondary N) is 1. The lowest BCUT2D eigenvalue weighted by atomic mass is 10.1. The number of carboxylic acids is 1. The number of rotatable bonds is 2. The molecular formula is C9H10N2O3. The molecule has 5 heteroatoms. The highest BCUT2D eigenvalue weighted by Crippen LogP contribution is 2.40. The summed E-state index contributed by atoms with van der Waals surface area (Å²) in [5, 5.41) is 8.88. The Kier molecular flexibility index (Phi) is 1.80. The van der Waals surface area contributed by atoms with E-state index in [2.05, 4.69) is 4.98 Å². The number of pyridine rings is 1. The van der Waals surface area contributed by atoms with Crippen molar-refractivity contribution in [3.63, 3.8) is 0 Å². The third kappa shape index (κ3) is 1.37. The van der Waals surface area contributed by atoms with Crippen LogP contribution in [0.5, 0.6) is 0 Å². The van der Waals surface area contributed by atoms with Gasteiger partial charge in [-0.05, 0) is 18.9 Å². The van der Waals surface area contributed by atoms with E-state index in [1.807, 2.05) is 0 Å². The number of hydrogen-bond donors (Lipinski definition) is 3. The van der Waals surface area contributed by atoms with Crippen LogP contribution in [0.1, 0.15) is 34.8 Å². The first kappa shape index (κ1) is 8.80. The van der Waals surface area contributed by atoms with Gasteiger partial charge in [-0.15, -0.1) is 0 Å². The van der Waals surface area contributed by atoms with Crippen molar-refractivity contribution in [2.45, 2.75) is 18.8 Å². The Morgan fingerprint density at radius 2 is 2.21 bits per heavy atom. The summed E-state index contributed by atoms with van der Waals surface area (Å²) in [6.07, 6.45) is 1.86. The lowest BCUT2D eigenvalue weighted by Gasteiger charge is -2.04. The fourth-order valence-electron chi connectivity index (χ4n) is 1.43. The number of carbonyl (C=O) groups is 1. The number of aromatic carboxylic acids is 1. The van der Waals surface area contributed by atoms with Gasteiger partial charge in [0.1, 0.15) is 0 Å². The van der Waals surface area contributed by atoms with Crippen LogP contribution in [-0.4, -0.2) is 16.1 Å². The third-order valence-electron chi connectivity index (χ3n) is 2.32. The third-order valence-corrected chi connectivity index (χ3v) is 2.32. The quantitative estimate of drug-likeness (QED) is 0.639. The smallest absolute Gasteiger partial charge is 0.337 e. The molecule has 1 aliphatic carbocycles. The Balaban J connectivity index is 2.60. The van der Waals surface area contributed by atoms with Crippen LogP contribution in [0.3, 0.4) is 0 Å². The Bertz CT molecular complexity index is 446. The van der Waals surface area contributed by atoms with E-state index in [4.69, 9.17) is 10.8 Å². The second-order valence-corrected chi connectivity index (χ2v) is 3.46. The first-order valence-electron chi connectivity index (χ1n) is 4.35. The van der Waals surface area contributed by atoms with Crippen molar-refractivity contribution in [3.8, 4) is 0 Å². The molecule has 0 bridgehead atoms. The van der Waals surface area contributed by atoms with E-state index >= 15 is 0 Å². The lowest BCUT2D eigenvalue weighted by molar-refractivity contribution is 0.0695. The van der Waals surface area contributed by atoms with Crippen molar-refractivity contribution in [3.05, 3.63) is 27.7 Å². The van der Waals surface area contributed by atoms with Gasteiger partial charge in [0, 0.05) is 11.6 Å². The Morgan fingerprint density at radius 1 is 1.57 bits per heavy atom. The summed E-state index contributed by atoms with van der Waals surface area (Å²) in [5.74, 6) is -0.857. The zero-order chi connectivity index (χ0) is 10.3. The molecule has 0 spiro atoms. The molecule has 74 valence electrons. The van der Waals surface area contributed by atoms with Gasteiger partial charge in [-0.25, -0.2) is 4.79 Å². The van der Waals surface area contributed by atoms with Crippen LogP contribution in [-0.2, 0) is 0 Å². The molecule has 0 radical (unpaired) electrons. The number of carboxylic acid groups (broad SMARTS) is 1. The number of hydrogen-bond acceptors (Lipinski definition) is 3. The largest absolute Gasteiger partial charge is 0.478 e. The molecular weight excluding hydrogens is 184 g/mol. The summed E-state index contributed by atoms with van der Waals surface area (Å²) >= 11 is 0. The Morgan fingerprint density at radius 3 is 2.71 bits per heavy atom. The minimum atomic E-state index is -1.05. The highest BCUT2D eigenvalue weighted by atomic mass is 16.4. The SMILES string of the molecule is Nc1cc(C(=O)O)c(C2CC2)[nH]c1=O. The van der Waals surface area contributed by atoms with Crippen LogP contribution in [0.25, 0.3) is 0 Å². The van der Waals surface area contributed by atoms with E-state index < -0.39 is 11.5 Å². The van der Waals surface area contributed by atoms with Gasteiger partial charge < -0.3 is 15.8 Å². The summed E-state index contributed by atoms with van der Waals surface area (Å²) in [6.45, 7) is 0. The zero-order valence-electron chi connectivity index (χ0n) is 7.41. The lowest BCUT2D eigenvalue weighted by Crippen LogP contribution is -2.17. The molecule has 0 saturated heterocycles. The van der Waals surface area contributed by atoms with Gasteiger partial charge in [-0.3, -0.25) is 4.79 Å². The Hall–Kier alpha value is -1.78. The number of H-pyrrole nitrogens is 1. The fraction of sp³-hybridized carbons (Fsp3) is 0.333. The number of aromatic amines is 1. The second kappa shape index (κ2) is 2.87. The first-order chi connectivity index (χ1) is 6.59. The van der Waals surface area contributed by atoms with E-state index in [0.717, 1.165) is 12.8 Å². The van der Waals surface area contributed by atoms with E-state index in [9.17, 15) is 9.59 Å². The average molecular weight is 194 g/mol. The predicted octanol–water partition coefficient (Wildman–Crippen LogP) is 0.533. The predicted molar refractivity (Wildman–Crippen MR) is 50.4 cm³/mol. The van der Waals surface area contributed by atoms with Gasteiger partial charge in [0.2, 0.25) is 0 Å². The number of aromatic nitrogens is 1. The topological polar surface area (TPSA) is 96.2 Å². The van der Waals surface area contributed by atoms with Crippen molar-refractivity contribution in [1.29, 1.82) is 0 Å². The van der Waals surface area contributed by atoms with Crippen molar-refractivity contribution in [1.82, 2.24) is 4.98 Å². The van der Waals surface area contributed by atoms with Crippen LogP contribution in [0.15, 0.2) is 10.9 Å². The maximum Gasteiger partial charge on any atom is 0.337 e. The van der Waals surface area contributed by atoms with Crippen LogP contribution < -0.4 is 11.3 Å². The summed E-state index contributed by atoms with van der Waals surface area (Å²) < 4.78 is 0. The van der Waals surface area contributed by atoms with E-state index in [1.54, 1.807) is 0 Å². The number of anilines is 1. The average Bonchev–Trinajstić information content (AvgIpc) is 2.91. The summed E-state index contributed by atoms with van der Waals surface area (Å²) in [7, 11) is 0. The Labute approximate surface area is 79.6 Å². The van der Waals surface area contributed by atoms with Crippen LogP contribution in [0, 0.1) is 0 Å². The maximum absolute atomic E-state index is 11.2. The molecule has 0 unspecified atom stereocenters. The zero-order valence-corrected chi connectivity index (χ0v) is 7.41. The molecule has 14 heavy (non-hydrogen) atoms. The van der Waals surface area contributed by atoms with Crippen molar-refractivity contribution in [2.75, 3.05) is 5.73 Å². The molecule has 1 fully saturated rings. The van der Waals surface area contributed by atoms with Gasteiger partial charge in [0.15, 0.2) is 0 Å². The van der Waals surface area contributed by atoms with E-state index in [-0.39, 0.29) is 17.2 Å². The minimum Gasteiger partial charge on any atom is -0.478 e. The minimum absolute atomic E-state index is 0.0493. The highest BCUT2D eigenvalue weighted by molar-refractivity contribution is 5.90. The molecule has 0 atom stereocenters. The van der Waals surface area contributed by atoms with E-state index in [0.29, 0.717) is 5.69 Å². The molecule has 1 aromatic rings. The summed E-state index contributed by atoms with van der Waals surface area (Å²) in [5.41, 5.74) is 5.51. The first-order valence-corrected chi connectivity index (χ1v) is 4.35. The van der Waals surface area contributed by atoms with Gasteiger partial charge in [0.25, 0.3) is 5.56 Å². The highest BCUT2D eigenvalue weighted by Gasteiger charge is 2.29. The molecule has 1 heterocycles. The fourth-order valence-corrected chi connectivity index (χ4v) is 1.43. The van der Waals surface area contributed by atoms with Crippen molar-refractivity contribution in [2.24, 2.45) is 0 Å². The number of nitrogens with two attached hydrogens (primary N) is 1. The van der Waals surface area contributed by atoms with Crippen molar-refractivity contribution < 1.29 is 9.90 Å². The summed E-state index contributed by atoms with van der Waals surface area (Å²) in [4.78, 5) is 24.5. The van der Waals surface area contributed by atoms with Gasteiger partial charge in [0.05, 0.1) is 11.3 Å². The molecule has 0 aliphatic heterocycles. The summed E-state index contributed by atoms with van der Waals surface area (Å²) in [6, 6.07) is 1.23. The molecule has 0 aromatic carbocycles. The standard InChI is InChI=1S/C9H10N2O3/c10-6-3-5(9(13)14)7(4-1-2-4)11-8(6)12/h3-4H,1-2,10H2,(H,11,12)(H,13,14). The van der Waals surface area contributed by atoms with Gasteiger partial charge >= 0.3 is 5.97 Å². The normalized spacial score (nSPS) is 15.4. The molecule has 4 N–H and O–H groups in total. The second-order valence-electron chi connectivity index (χ2n) is 3.46. The molecule has 1 aliphatic rings. The van der Waals surface area contributed by atoms with Gasteiger partial charge in [-0.2, -0.15) is 0 Å². The molecule has 1 saturated carbocycles. The molecule has 2 rings (SSSR count). The monoisotopic (exact) mass is 194 g/mol. The van der Waals surface area contributed by atoms with Crippen LogP contribution in [0.2, 0.25) is 0 Å². The van der Waals surface area contributed by atoms with Crippen LogP contribution >= 0.6 is 0 Å². The van der Waals surface area contributed by atoms with Crippen LogP contribution in [0.4, 0.5) is 5.69 Å².